The van der Waals surface area contributed by atoms with Crippen LogP contribution in [0.4, 0.5) is 9.93 Å². The summed E-state index contributed by atoms with van der Waals surface area (Å²) in [6.07, 6.45) is -0.717. The second kappa shape index (κ2) is 11.6. The Morgan fingerprint density at radius 3 is 2.39 bits per heavy atom. The number of hydrogen-bond acceptors (Lipinski definition) is 11. The molecule has 1 aliphatic heterocycles. The van der Waals surface area contributed by atoms with E-state index >= 15 is 0 Å². The van der Waals surface area contributed by atoms with Gasteiger partial charge in [-0.2, -0.15) is 0 Å². The minimum atomic E-state index is -0.841. The van der Waals surface area contributed by atoms with Crippen LogP contribution in [0.3, 0.4) is 0 Å². The van der Waals surface area contributed by atoms with Gasteiger partial charge in [-0.3, -0.25) is 19.7 Å². The Morgan fingerprint density at radius 1 is 1.19 bits per heavy atom. The Bertz CT molecular complexity index is 1010. The Balaban J connectivity index is 2.17. The standard InChI is InChI=1S/C22H34N6O7S/c1-11(18(31)34-21(2,3)4)9-33-28-15(17(30)26-14-12(8-23)24-16(14)29)13-10-36-19(25-13)27-20(32)35-22(5,6)7/h10-12,14H,8-9,23H2,1-7H3,(H,24,29)(H,26,30)(H,25,27,32)/b28-15-/t11?,12-,14+/m1/s1. The molecule has 36 heavy (non-hydrogen) atoms. The molecule has 1 aromatic heterocycles. The lowest BCUT2D eigenvalue weighted by Gasteiger charge is -2.36. The van der Waals surface area contributed by atoms with Crippen molar-refractivity contribution < 1.29 is 33.5 Å². The fourth-order valence-corrected chi connectivity index (χ4v) is 3.41. The topological polar surface area (TPSA) is 183 Å². The van der Waals surface area contributed by atoms with Crippen molar-refractivity contribution >= 4 is 46.1 Å². The molecule has 2 heterocycles. The highest BCUT2D eigenvalue weighted by Gasteiger charge is 2.40. The third-order valence-electron chi connectivity index (χ3n) is 4.41. The molecule has 1 aromatic rings. The van der Waals surface area contributed by atoms with E-state index in [1.807, 2.05) is 0 Å². The van der Waals surface area contributed by atoms with Gasteiger partial charge in [-0.15, -0.1) is 11.3 Å². The number of rotatable bonds is 9. The molecule has 0 spiro atoms. The molecular weight excluding hydrogens is 492 g/mol. The van der Waals surface area contributed by atoms with Gasteiger partial charge >= 0.3 is 12.1 Å². The molecule has 1 aliphatic rings. The van der Waals surface area contributed by atoms with Crippen LogP contribution in [0.2, 0.25) is 0 Å². The molecule has 0 radical (unpaired) electrons. The van der Waals surface area contributed by atoms with E-state index in [1.54, 1.807) is 48.5 Å². The van der Waals surface area contributed by atoms with Crippen LogP contribution in [0.5, 0.6) is 0 Å². The van der Waals surface area contributed by atoms with Crippen molar-refractivity contribution in [3.05, 3.63) is 11.1 Å². The summed E-state index contributed by atoms with van der Waals surface area (Å²) in [5.74, 6) is -2.29. The van der Waals surface area contributed by atoms with E-state index in [9.17, 15) is 19.2 Å². The number of esters is 1. The highest BCUT2D eigenvalue weighted by molar-refractivity contribution is 7.14. The Morgan fingerprint density at radius 2 is 1.83 bits per heavy atom. The van der Waals surface area contributed by atoms with Gasteiger partial charge in [0, 0.05) is 11.9 Å². The number of nitrogens with zero attached hydrogens (tertiary/aromatic N) is 2. The second-order valence-electron chi connectivity index (χ2n) is 10.1. The van der Waals surface area contributed by atoms with Crippen LogP contribution < -0.4 is 21.7 Å². The number of nitrogens with two attached hydrogens (primary N) is 1. The molecule has 200 valence electrons. The summed E-state index contributed by atoms with van der Waals surface area (Å²) < 4.78 is 10.5. The third-order valence-corrected chi connectivity index (χ3v) is 5.17. The van der Waals surface area contributed by atoms with E-state index in [0.717, 1.165) is 11.3 Å². The van der Waals surface area contributed by atoms with Crippen molar-refractivity contribution in [3.63, 3.8) is 0 Å². The summed E-state index contributed by atoms with van der Waals surface area (Å²) in [6, 6.07) is -1.26. The minimum Gasteiger partial charge on any atom is -0.460 e. The summed E-state index contributed by atoms with van der Waals surface area (Å²) in [7, 11) is 0. The highest BCUT2D eigenvalue weighted by atomic mass is 32.1. The lowest BCUT2D eigenvalue weighted by molar-refractivity contribution is -0.161. The predicted molar refractivity (Wildman–Crippen MR) is 132 cm³/mol. The van der Waals surface area contributed by atoms with Crippen molar-refractivity contribution in [2.75, 3.05) is 18.5 Å². The quantitative estimate of drug-likeness (QED) is 0.158. The normalized spacial score (nSPS) is 18.9. The molecule has 0 aliphatic carbocycles. The molecule has 14 heteroatoms. The molecule has 0 saturated carbocycles. The van der Waals surface area contributed by atoms with Gasteiger partial charge in [-0.25, -0.2) is 9.78 Å². The molecule has 0 aromatic carbocycles. The van der Waals surface area contributed by atoms with Gasteiger partial charge < -0.3 is 30.7 Å². The minimum absolute atomic E-state index is 0.0810. The summed E-state index contributed by atoms with van der Waals surface area (Å²) in [5, 5.41) is 13.1. The van der Waals surface area contributed by atoms with Gasteiger partial charge in [0.05, 0.1) is 12.0 Å². The molecule has 0 bridgehead atoms. The third kappa shape index (κ3) is 8.75. The number of amides is 3. The first-order valence-electron chi connectivity index (χ1n) is 11.3. The predicted octanol–water partition coefficient (Wildman–Crippen LogP) is 1.13. The number of thiazole rings is 1. The summed E-state index contributed by atoms with van der Waals surface area (Å²) in [4.78, 5) is 58.6. The first kappa shape index (κ1) is 29.0. The maximum atomic E-state index is 13.0. The van der Waals surface area contributed by atoms with E-state index < -0.39 is 47.2 Å². The largest absolute Gasteiger partial charge is 0.460 e. The van der Waals surface area contributed by atoms with Gasteiger partial charge in [0.2, 0.25) is 5.91 Å². The fourth-order valence-electron chi connectivity index (χ4n) is 2.73. The van der Waals surface area contributed by atoms with Crippen molar-refractivity contribution in [1.82, 2.24) is 15.6 Å². The maximum absolute atomic E-state index is 13.0. The van der Waals surface area contributed by atoms with E-state index in [-0.39, 0.29) is 35.6 Å². The van der Waals surface area contributed by atoms with Crippen LogP contribution in [0.1, 0.15) is 54.2 Å². The van der Waals surface area contributed by atoms with Crippen LogP contribution in [-0.4, -0.2) is 71.0 Å². The average Bonchev–Trinajstić information content (AvgIpc) is 3.17. The number of β-lactam (4-membered cyclic amide) rings is 1. The molecule has 5 N–H and O–H groups in total. The fraction of sp³-hybridized carbons (Fsp3) is 0.636. The van der Waals surface area contributed by atoms with Gasteiger partial charge in [-0.05, 0) is 48.5 Å². The van der Waals surface area contributed by atoms with Crippen molar-refractivity contribution in [1.29, 1.82) is 0 Å². The number of nitrogens with one attached hydrogen (secondary N) is 3. The number of carbonyl (C=O) groups excluding carboxylic acids is 4. The van der Waals surface area contributed by atoms with Gasteiger partial charge in [0.15, 0.2) is 10.8 Å². The van der Waals surface area contributed by atoms with Crippen LogP contribution in [0.25, 0.3) is 0 Å². The number of hydrogen-bond donors (Lipinski definition) is 4. The lowest BCUT2D eigenvalue weighted by atomic mass is 9.99. The van der Waals surface area contributed by atoms with Gasteiger partial charge in [0.25, 0.3) is 5.91 Å². The van der Waals surface area contributed by atoms with Crippen LogP contribution in [0, 0.1) is 5.92 Å². The number of aromatic nitrogens is 1. The second-order valence-corrected chi connectivity index (χ2v) is 11.0. The molecule has 13 nitrogen and oxygen atoms in total. The molecular formula is C22H34N6O7S. The molecule has 1 fully saturated rings. The first-order chi connectivity index (χ1) is 16.6. The average molecular weight is 527 g/mol. The summed E-state index contributed by atoms with van der Waals surface area (Å²) in [5.41, 5.74) is 4.05. The monoisotopic (exact) mass is 526 g/mol. The molecule has 2 rings (SSSR count). The zero-order valence-corrected chi connectivity index (χ0v) is 22.3. The lowest BCUT2D eigenvalue weighted by Crippen LogP contribution is -2.71. The highest BCUT2D eigenvalue weighted by Crippen LogP contribution is 2.19. The Labute approximate surface area is 213 Å². The maximum Gasteiger partial charge on any atom is 0.413 e. The van der Waals surface area contributed by atoms with Crippen LogP contribution >= 0.6 is 11.3 Å². The molecule has 3 amide bonds. The zero-order chi connectivity index (χ0) is 27.3. The number of carbonyl (C=O) groups is 4. The SMILES string of the molecule is CC(CO/N=C(\C(=O)N[C@@H]1C(=O)N[C@@H]1CN)c1csc(NC(=O)OC(C)(C)C)n1)C(=O)OC(C)(C)C. The smallest absolute Gasteiger partial charge is 0.413 e. The number of oxime groups is 1. The van der Waals surface area contributed by atoms with E-state index in [0.29, 0.717) is 0 Å². The molecule has 1 unspecified atom stereocenters. The first-order valence-corrected chi connectivity index (χ1v) is 12.2. The number of anilines is 1. The van der Waals surface area contributed by atoms with Gasteiger partial charge in [0.1, 0.15) is 29.5 Å². The Hall–Kier alpha value is -3.26. The molecule has 3 atom stereocenters. The van der Waals surface area contributed by atoms with Crippen molar-refractivity contribution in [2.45, 2.75) is 71.8 Å². The number of ether oxygens (including phenoxy) is 2. The zero-order valence-electron chi connectivity index (χ0n) is 21.5. The van der Waals surface area contributed by atoms with Crippen LogP contribution in [-0.2, 0) is 28.7 Å². The van der Waals surface area contributed by atoms with Crippen molar-refractivity contribution in [3.8, 4) is 0 Å². The van der Waals surface area contributed by atoms with E-state index in [2.05, 4.69) is 26.1 Å². The van der Waals surface area contributed by atoms with Crippen LogP contribution in [0.15, 0.2) is 10.5 Å². The van der Waals surface area contributed by atoms with Gasteiger partial charge in [-0.1, -0.05) is 5.16 Å². The molecule has 1 saturated heterocycles. The van der Waals surface area contributed by atoms with E-state index in [1.165, 1.54) is 5.38 Å². The Kier molecular flexibility index (Phi) is 9.38. The summed E-state index contributed by atoms with van der Waals surface area (Å²) >= 11 is 1.03. The van der Waals surface area contributed by atoms with E-state index in [4.69, 9.17) is 20.0 Å². The summed E-state index contributed by atoms with van der Waals surface area (Å²) in [6.45, 7) is 11.9. The van der Waals surface area contributed by atoms with Crippen molar-refractivity contribution in [2.24, 2.45) is 16.8 Å².